The first-order valence-electron chi connectivity index (χ1n) is 6.58. The smallest absolute Gasteiger partial charge is 0.0746 e. The summed E-state index contributed by atoms with van der Waals surface area (Å²) in [6, 6.07) is 20.4. The van der Waals surface area contributed by atoms with Crippen LogP contribution < -0.4 is 0 Å². The second kappa shape index (κ2) is 8.34. The van der Waals surface area contributed by atoms with Gasteiger partial charge < -0.3 is 0 Å². The van der Waals surface area contributed by atoms with Crippen LogP contribution in [0.5, 0.6) is 0 Å². The van der Waals surface area contributed by atoms with E-state index in [0.29, 0.717) is 0 Å². The minimum Gasteiger partial charge on any atom is -0.0746 e. The van der Waals surface area contributed by atoms with Gasteiger partial charge in [-0.05, 0) is 11.1 Å². The van der Waals surface area contributed by atoms with Gasteiger partial charge in [-0.2, -0.15) is 0 Å². The van der Waals surface area contributed by atoms with Gasteiger partial charge in [0.05, 0.1) is 0 Å². The van der Waals surface area contributed by atoms with Gasteiger partial charge >= 0.3 is 0 Å². The highest BCUT2D eigenvalue weighted by molar-refractivity contribution is 9.40. The number of benzene rings is 2. The molecule has 8 heteroatoms. The first-order valence-corrected chi connectivity index (χ1v) is 12.9. The van der Waals surface area contributed by atoms with Gasteiger partial charge in [0.1, 0.15) is 8.65 Å². The summed E-state index contributed by atoms with van der Waals surface area (Å²) in [7, 11) is 0. The van der Waals surface area contributed by atoms with Gasteiger partial charge in [0.2, 0.25) is 0 Å². The van der Waals surface area contributed by atoms with Crippen molar-refractivity contribution in [3.05, 3.63) is 71.8 Å². The van der Waals surface area contributed by atoms with Crippen LogP contribution in [-0.2, 0) is 8.65 Å². The first-order chi connectivity index (χ1) is 11.0. The molecule has 0 spiro atoms. The number of halogens is 8. The molecule has 0 amide bonds. The Labute approximate surface area is 209 Å². The Morgan fingerprint density at radius 2 is 0.667 bits per heavy atom. The van der Waals surface area contributed by atoms with E-state index in [0.717, 1.165) is 11.1 Å². The quantitative estimate of drug-likeness (QED) is 0.271. The minimum atomic E-state index is -0.688. The first kappa shape index (κ1) is 22.6. The third-order valence-corrected chi connectivity index (χ3v) is 14.2. The second-order valence-electron chi connectivity index (χ2n) is 5.04. The molecule has 0 N–H and O–H groups in total. The molecule has 0 heterocycles. The van der Waals surface area contributed by atoms with E-state index in [2.05, 4.69) is 152 Å². The lowest BCUT2D eigenvalue weighted by Crippen LogP contribution is -2.55. The third kappa shape index (κ3) is 4.01. The average molecular weight is 841 g/mol. The van der Waals surface area contributed by atoms with Crippen LogP contribution in [0.4, 0.5) is 0 Å². The van der Waals surface area contributed by atoms with Gasteiger partial charge in [-0.1, -0.05) is 188 Å². The maximum absolute atomic E-state index is 4.03. The highest BCUT2D eigenvalue weighted by atomic mass is 80.0. The molecule has 0 saturated carbocycles. The van der Waals surface area contributed by atoms with Crippen molar-refractivity contribution in [2.24, 2.45) is 0 Å². The zero-order chi connectivity index (χ0) is 18.2. The van der Waals surface area contributed by atoms with Gasteiger partial charge in [0, 0.05) is 0 Å². The molecule has 2 atom stereocenters. The SMILES string of the molecule is BrC(Br)(Br)C(Br)(c1ccccc1)C(Br)(c1ccccc1)C(Br)(Br)Br. The number of hydrogen-bond acceptors (Lipinski definition) is 0. The Hall–Kier alpha value is 2.28. The minimum absolute atomic E-state index is 0.679. The number of hydrogen-bond donors (Lipinski definition) is 0. The molecule has 0 bridgehead atoms. The predicted octanol–water partition coefficient (Wildman–Crippen LogP) is 9.24. The van der Waals surface area contributed by atoms with Crippen LogP contribution in [-0.4, -0.2) is 4.29 Å². The summed E-state index contributed by atoms with van der Waals surface area (Å²) in [5.41, 5.74) is 2.11. The molecule has 0 radical (unpaired) electrons. The van der Waals surface area contributed by atoms with Gasteiger partial charge in [0.15, 0.2) is 4.29 Å². The van der Waals surface area contributed by atoms with E-state index < -0.39 is 12.9 Å². The van der Waals surface area contributed by atoms with E-state index in [4.69, 9.17) is 0 Å². The van der Waals surface area contributed by atoms with Crippen molar-refractivity contribution in [3.63, 3.8) is 0 Å². The zero-order valence-corrected chi connectivity index (χ0v) is 24.5. The van der Waals surface area contributed by atoms with Gasteiger partial charge in [-0.15, -0.1) is 0 Å². The molecule has 130 valence electrons. The standard InChI is InChI=1S/C16H10Br8/c17-13(15(19,20)21,11-7-3-1-4-8-11)14(18,16(22,23)24)12-9-5-2-6-10-12/h1-10H. The fraction of sp³-hybridized carbons (Fsp3) is 0.250. The molecule has 2 rings (SSSR count). The number of rotatable bonds is 3. The summed E-state index contributed by atoms with van der Waals surface area (Å²) in [6.07, 6.45) is 0. The molecule has 2 unspecified atom stereocenters. The van der Waals surface area contributed by atoms with Crippen molar-refractivity contribution < 1.29 is 0 Å². The van der Waals surface area contributed by atoms with E-state index in [1.54, 1.807) is 0 Å². The molecule has 0 aliphatic carbocycles. The van der Waals surface area contributed by atoms with Crippen molar-refractivity contribution in [3.8, 4) is 0 Å². The summed E-state index contributed by atoms with van der Waals surface area (Å²) < 4.78 is -2.74. The maximum atomic E-state index is 4.03. The van der Waals surface area contributed by atoms with Crippen LogP contribution in [0.1, 0.15) is 11.1 Å². The molecular weight excluding hydrogens is 831 g/mol. The highest BCUT2D eigenvalue weighted by Crippen LogP contribution is 2.72. The number of alkyl halides is 8. The Balaban J connectivity index is 2.88. The van der Waals surface area contributed by atoms with Crippen LogP contribution in [0.2, 0.25) is 0 Å². The van der Waals surface area contributed by atoms with E-state index in [-0.39, 0.29) is 0 Å². The van der Waals surface area contributed by atoms with E-state index >= 15 is 0 Å². The molecule has 0 aliphatic rings. The zero-order valence-electron chi connectivity index (χ0n) is 11.8. The lowest BCUT2D eigenvalue weighted by atomic mass is 9.83. The Morgan fingerprint density at radius 1 is 0.417 bits per heavy atom. The molecule has 0 aromatic heterocycles. The van der Waals surface area contributed by atoms with Crippen molar-refractivity contribution in [1.29, 1.82) is 0 Å². The lowest BCUT2D eigenvalue weighted by molar-refractivity contribution is 0.516. The van der Waals surface area contributed by atoms with E-state index in [1.807, 2.05) is 36.4 Å². The molecule has 0 nitrogen and oxygen atoms in total. The van der Waals surface area contributed by atoms with Crippen LogP contribution in [0.3, 0.4) is 0 Å². The Morgan fingerprint density at radius 3 is 0.875 bits per heavy atom. The molecule has 2 aromatic rings. The summed E-state index contributed by atoms with van der Waals surface area (Å²) in [5.74, 6) is 0. The van der Waals surface area contributed by atoms with Gasteiger partial charge in [-0.3, -0.25) is 0 Å². The van der Waals surface area contributed by atoms with E-state index in [9.17, 15) is 0 Å². The van der Waals surface area contributed by atoms with Crippen LogP contribution in [0, 0.1) is 0 Å². The van der Waals surface area contributed by atoms with Gasteiger partial charge in [-0.25, -0.2) is 0 Å². The maximum Gasteiger partial charge on any atom is 0.156 e. The van der Waals surface area contributed by atoms with E-state index in [1.165, 1.54) is 0 Å². The fourth-order valence-electron chi connectivity index (χ4n) is 2.45. The average Bonchev–Trinajstić information content (AvgIpc) is 2.52. The largest absolute Gasteiger partial charge is 0.156 e. The summed E-state index contributed by atoms with van der Waals surface area (Å²) in [6.45, 7) is 0. The topological polar surface area (TPSA) is 0 Å². The van der Waals surface area contributed by atoms with Crippen molar-refractivity contribution in [1.82, 2.24) is 0 Å². The molecule has 0 fully saturated rings. The highest BCUT2D eigenvalue weighted by Gasteiger charge is 2.67. The van der Waals surface area contributed by atoms with Crippen LogP contribution in [0.25, 0.3) is 0 Å². The molecule has 0 aliphatic heterocycles. The van der Waals surface area contributed by atoms with Crippen LogP contribution in [0.15, 0.2) is 60.7 Å². The van der Waals surface area contributed by atoms with Crippen molar-refractivity contribution >= 4 is 127 Å². The summed E-state index contributed by atoms with van der Waals surface area (Å²) in [5, 5.41) is 0. The van der Waals surface area contributed by atoms with Crippen LogP contribution >= 0.6 is 127 Å². The second-order valence-corrected chi connectivity index (χ2v) is 20.9. The normalized spacial score (nSPS) is 17.8. The Kier molecular flexibility index (Phi) is 7.84. The molecule has 2 aromatic carbocycles. The predicted molar refractivity (Wildman–Crippen MR) is 133 cm³/mol. The van der Waals surface area contributed by atoms with Gasteiger partial charge in [0.25, 0.3) is 0 Å². The monoisotopic (exact) mass is 833 g/mol. The summed E-state index contributed by atoms with van der Waals surface area (Å²) in [4.78, 5) is 0. The van der Waals surface area contributed by atoms with Crippen molar-refractivity contribution in [2.75, 3.05) is 0 Å². The summed E-state index contributed by atoms with van der Waals surface area (Å²) >= 11 is 30.6. The molecule has 0 saturated heterocycles. The Bertz CT molecular complexity index is 615. The fourth-order valence-corrected chi connectivity index (χ4v) is 8.79. The third-order valence-electron chi connectivity index (χ3n) is 3.60. The molecule has 24 heavy (non-hydrogen) atoms. The lowest BCUT2D eigenvalue weighted by Gasteiger charge is -2.52. The molecular formula is C16H10Br8. The van der Waals surface area contributed by atoms with Crippen molar-refractivity contribution in [2.45, 2.75) is 12.9 Å².